The summed E-state index contributed by atoms with van der Waals surface area (Å²) in [6.07, 6.45) is 5.10. The molecule has 0 aromatic heterocycles. The van der Waals surface area contributed by atoms with Gasteiger partial charge in [0.05, 0.1) is 11.5 Å². The predicted molar refractivity (Wildman–Crippen MR) is 100 cm³/mol. The first-order valence-electron chi connectivity index (χ1n) is 9.61. The molecule has 1 saturated carbocycles. The van der Waals surface area contributed by atoms with Gasteiger partial charge in [0, 0.05) is 19.1 Å². The first-order chi connectivity index (χ1) is 12.9. The maximum Gasteiger partial charge on any atom is 0.245 e. The van der Waals surface area contributed by atoms with Crippen LogP contribution in [0.4, 0.5) is 4.39 Å². The van der Waals surface area contributed by atoms with Gasteiger partial charge in [0.2, 0.25) is 11.8 Å². The van der Waals surface area contributed by atoms with Crippen molar-refractivity contribution in [1.82, 2.24) is 10.2 Å². The maximum absolute atomic E-state index is 13.5. The second-order valence-electron chi connectivity index (χ2n) is 7.65. The van der Waals surface area contributed by atoms with Crippen molar-refractivity contribution in [1.29, 1.82) is 0 Å². The van der Waals surface area contributed by atoms with Crippen LogP contribution in [0.2, 0.25) is 0 Å². The zero-order chi connectivity index (χ0) is 19.4. The van der Waals surface area contributed by atoms with Crippen LogP contribution in [0.3, 0.4) is 0 Å². The molecule has 5 nitrogen and oxygen atoms in total. The minimum absolute atomic E-state index is 0.00295. The molecule has 1 atom stereocenters. The number of likely N-dealkylation sites (tertiary alicyclic amines) is 1. The largest absolute Gasteiger partial charge is 0.385 e. The van der Waals surface area contributed by atoms with Gasteiger partial charge < -0.3 is 15.3 Å². The smallest absolute Gasteiger partial charge is 0.245 e. The lowest BCUT2D eigenvalue weighted by atomic mass is 9.77. The van der Waals surface area contributed by atoms with E-state index < -0.39 is 5.60 Å². The SMILES string of the molecule is C=CC(=O)N1CCCC(C(=O)NC2CCC(O)(c3cccc(F)c3)CC2)C1. The quantitative estimate of drug-likeness (QED) is 0.796. The summed E-state index contributed by atoms with van der Waals surface area (Å²) < 4.78 is 13.5. The van der Waals surface area contributed by atoms with Crippen molar-refractivity contribution in [2.45, 2.75) is 50.2 Å². The highest BCUT2D eigenvalue weighted by molar-refractivity contribution is 5.88. The molecule has 27 heavy (non-hydrogen) atoms. The number of nitrogens with zero attached hydrogens (tertiary/aromatic N) is 1. The molecule has 1 unspecified atom stereocenters. The number of piperidine rings is 1. The Morgan fingerprint density at radius 2 is 2.04 bits per heavy atom. The highest BCUT2D eigenvalue weighted by Crippen LogP contribution is 2.37. The van der Waals surface area contributed by atoms with E-state index in [1.54, 1.807) is 17.0 Å². The van der Waals surface area contributed by atoms with Gasteiger partial charge in [0.15, 0.2) is 0 Å². The number of amides is 2. The van der Waals surface area contributed by atoms with Gasteiger partial charge in [0.25, 0.3) is 0 Å². The summed E-state index contributed by atoms with van der Waals surface area (Å²) in [5.41, 5.74) is -0.445. The van der Waals surface area contributed by atoms with Crippen molar-refractivity contribution in [2.24, 2.45) is 5.92 Å². The van der Waals surface area contributed by atoms with Crippen LogP contribution in [0.25, 0.3) is 0 Å². The molecular formula is C21H27FN2O3. The van der Waals surface area contributed by atoms with Crippen molar-refractivity contribution in [2.75, 3.05) is 13.1 Å². The Labute approximate surface area is 159 Å². The molecule has 0 radical (unpaired) electrons. The molecule has 6 heteroatoms. The van der Waals surface area contributed by atoms with E-state index in [0.29, 0.717) is 44.3 Å². The average Bonchev–Trinajstić information content (AvgIpc) is 2.69. The molecule has 1 saturated heterocycles. The third-order valence-corrected chi connectivity index (χ3v) is 5.80. The molecule has 146 valence electrons. The second kappa shape index (κ2) is 8.21. The Kier molecular flexibility index (Phi) is 5.95. The fraction of sp³-hybridized carbons (Fsp3) is 0.524. The lowest BCUT2D eigenvalue weighted by molar-refractivity contribution is -0.132. The number of hydrogen-bond donors (Lipinski definition) is 2. The fourth-order valence-electron chi connectivity index (χ4n) is 4.15. The molecule has 2 amide bonds. The van der Waals surface area contributed by atoms with Crippen LogP contribution in [0.1, 0.15) is 44.1 Å². The van der Waals surface area contributed by atoms with Crippen LogP contribution in [0.15, 0.2) is 36.9 Å². The molecule has 2 N–H and O–H groups in total. The zero-order valence-corrected chi connectivity index (χ0v) is 15.5. The van der Waals surface area contributed by atoms with E-state index >= 15 is 0 Å². The number of carbonyl (C=O) groups excluding carboxylic acids is 2. The summed E-state index contributed by atoms with van der Waals surface area (Å²) in [6.45, 7) is 4.60. The Bertz CT molecular complexity index is 713. The molecule has 1 aliphatic heterocycles. The van der Waals surface area contributed by atoms with E-state index in [-0.39, 0.29) is 29.6 Å². The van der Waals surface area contributed by atoms with Gasteiger partial charge in [0.1, 0.15) is 5.82 Å². The Morgan fingerprint density at radius 3 is 2.70 bits per heavy atom. The van der Waals surface area contributed by atoms with E-state index in [4.69, 9.17) is 0 Å². The molecule has 3 rings (SSSR count). The monoisotopic (exact) mass is 374 g/mol. The van der Waals surface area contributed by atoms with Crippen molar-refractivity contribution in [3.8, 4) is 0 Å². The lowest BCUT2D eigenvalue weighted by Crippen LogP contribution is -2.49. The Balaban J connectivity index is 1.53. The standard InChI is InChI=1S/C21H27FN2O3/c1-2-19(25)24-12-4-5-15(14-24)20(26)23-18-8-10-21(27,11-9-18)16-6-3-7-17(22)13-16/h2-3,6-7,13,15,18,27H,1,4-5,8-12,14H2,(H,23,26). The van der Waals surface area contributed by atoms with Crippen LogP contribution in [-0.4, -0.2) is 41.0 Å². The molecule has 1 aliphatic carbocycles. The van der Waals surface area contributed by atoms with E-state index in [1.807, 2.05) is 0 Å². The molecule has 1 heterocycles. The van der Waals surface area contributed by atoms with Gasteiger partial charge >= 0.3 is 0 Å². The number of nitrogens with one attached hydrogen (secondary N) is 1. The van der Waals surface area contributed by atoms with Crippen molar-refractivity contribution >= 4 is 11.8 Å². The van der Waals surface area contributed by atoms with Gasteiger partial charge in [-0.05, 0) is 62.3 Å². The summed E-state index contributed by atoms with van der Waals surface area (Å²) in [5, 5.41) is 13.9. The van der Waals surface area contributed by atoms with Gasteiger partial charge in [-0.1, -0.05) is 18.7 Å². The number of benzene rings is 1. The van der Waals surface area contributed by atoms with Gasteiger partial charge in [-0.2, -0.15) is 0 Å². The van der Waals surface area contributed by atoms with Crippen LogP contribution in [-0.2, 0) is 15.2 Å². The second-order valence-corrected chi connectivity index (χ2v) is 7.65. The summed E-state index contributed by atoms with van der Waals surface area (Å²) in [5.74, 6) is -0.720. The van der Waals surface area contributed by atoms with Crippen LogP contribution in [0, 0.1) is 11.7 Å². The van der Waals surface area contributed by atoms with Crippen LogP contribution < -0.4 is 5.32 Å². The highest BCUT2D eigenvalue weighted by atomic mass is 19.1. The van der Waals surface area contributed by atoms with E-state index in [2.05, 4.69) is 11.9 Å². The zero-order valence-electron chi connectivity index (χ0n) is 15.5. The average molecular weight is 374 g/mol. The van der Waals surface area contributed by atoms with Crippen molar-refractivity contribution in [3.05, 3.63) is 48.3 Å². The molecule has 2 aliphatic rings. The predicted octanol–water partition coefficient (Wildman–Crippen LogP) is 2.50. The van der Waals surface area contributed by atoms with Gasteiger partial charge in [-0.3, -0.25) is 9.59 Å². The van der Waals surface area contributed by atoms with E-state index in [9.17, 15) is 19.1 Å². The first kappa shape index (κ1) is 19.5. The minimum Gasteiger partial charge on any atom is -0.385 e. The number of carbonyl (C=O) groups is 2. The van der Waals surface area contributed by atoms with Crippen LogP contribution in [0.5, 0.6) is 0 Å². The summed E-state index contributed by atoms with van der Waals surface area (Å²) in [6, 6.07) is 6.09. The number of hydrogen-bond acceptors (Lipinski definition) is 3. The number of halogens is 1. The number of aliphatic hydroxyl groups is 1. The van der Waals surface area contributed by atoms with E-state index in [1.165, 1.54) is 18.2 Å². The third kappa shape index (κ3) is 4.56. The molecule has 1 aromatic carbocycles. The Hall–Kier alpha value is -2.21. The normalized spacial score (nSPS) is 28.4. The Morgan fingerprint density at radius 1 is 1.30 bits per heavy atom. The van der Waals surface area contributed by atoms with Crippen molar-refractivity contribution in [3.63, 3.8) is 0 Å². The molecular weight excluding hydrogens is 347 g/mol. The third-order valence-electron chi connectivity index (χ3n) is 5.80. The molecule has 1 aromatic rings. The topological polar surface area (TPSA) is 69.6 Å². The molecule has 0 bridgehead atoms. The van der Waals surface area contributed by atoms with Crippen LogP contribution >= 0.6 is 0 Å². The molecule has 2 fully saturated rings. The highest BCUT2D eigenvalue weighted by Gasteiger charge is 2.36. The fourth-order valence-corrected chi connectivity index (χ4v) is 4.15. The van der Waals surface area contributed by atoms with Gasteiger partial charge in [-0.15, -0.1) is 0 Å². The summed E-state index contributed by atoms with van der Waals surface area (Å²) in [7, 11) is 0. The molecule has 0 spiro atoms. The number of rotatable bonds is 4. The minimum atomic E-state index is -1.04. The van der Waals surface area contributed by atoms with Gasteiger partial charge in [-0.25, -0.2) is 4.39 Å². The maximum atomic E-state index is 13.5. The summed E-state index contributed by atoms with van der Waals surface area (Å²) >= 11 is 0. The van der Waals surface area contributed by atoms with E-state index in [0.717, 1.165) is 12.8 Å². The first-order valence-corrected chi connectivity index (χ1v) is 9.61. The van der Waals surface area contributed by atoms with Crippen molar-refractivity contribution < 1.29 is 19.1 Å². The lowest BCUT2D eigenvalue weighted by Gasteiger charge is -2.38. The summed E-state index contributed by atoms with van der Waals surface area (Å²) in [4.78, 5) is 26.1.